The van der Waals surface area contributed by atoms with E-state index in [1.807, 2.05) is 0 Å². The first-order valence-electron chi connectivity index (χ1n) is 9.41. The van der Waals surface area contributed by atoms with Crippen molar-refractivity contribution in [2.75, 3.05) is 39.5 Å². The number of hydrogen-bond acceptors (Lipinski definition) is 5. The molecule has 0 bridgehead atoms. The lowest BCUT2D eigenvalue weighted by Gasteiger charge is -2.22. The number of aryl methyl sites for hydroxylation is 1. The van der Waals surface area contributed by atoms with Gasteiger partial charge in [0.2, 0.25) is 0 Å². The second kappa shape index (κ2) is 11.8. The van der Waals surface area contributed by atoms with E-state index < -0.39 is 0 Å². The molecule has 1 aromatic heterocycles. The Kier molecular flexibility index (Phi) is 9.28. The normalized spacial score (nSPS) is 16.2. The lowest BCUT2D eigenvalue weighted by molar-refractivity contribution is -0.0318. The van der Waals surface area contributed by atoms with Gasteiger partial charge in [-0.2, -0.15) is 0 Å². The predicted octanol–water partition coefficient (Wildman–Crippen LogP) is 0.981. The van der Waals surface area contributed by atoms with Gasteiger partial charge in [-0.05, 0) is 26.2 Å². The van der Waals surface area contributed by atoms with Gasteiger partial charge < -0.3 is 24.7 Å². The molecule has 8 nitrogen and oxygen atoms in total. The summed E-state index contributed by atoms with van der Waals surface area (Å²) in [4.78, 5) is 4.61. The first-order valence-corrected chi connectivity index (χ1v) is 9.41. The molecule has 1 saturated heterocycles. The fourth-order valence-electron chi connectivity index (χ4n) is 2.72. The van der Waals surface area contributed by atoms with Crippen LogP contribution in [0.5, 0.6) is 0 Å². The van der Waals surface area contributed by atoms with Crippen LogP contribution in [0.15, 0.2) is 11.3 Å². The molecule has 1 fully saturated rings. The van der Waals surface area contributed by atoms with Gasteiger partial charge in [0.05, 0.1) is 6.10 Å². The van der Waals surface area contributed by atoms with E-state index in [0.29, 0.717) is 6.10 Å². The van der Waals surface area contributed by atoms with E-state index in [1.165, 1.54) is 0 Å². The van der Waals surface area contributed by atoms with E-state index in [2.05, 4.69) is 44.2 Å². The lowest BCUT2D eigenvalue weighted by atomic mass is 10.1. The number of aromatic nitrogens is 3. The van der Waals surface area contributed by atoms with Crippen LogP contribution >= 0.6 is 0 Å². The maximum atomic E-state index is 5.87. The first-order chi connectivity index (χ1) is 12.3. The van der Waals surface area contributed by atoms with Crippen molar-refractivity contribution in [1.29, 1.82) is 0 Å². The summed E-state index contributed by atoms with van der Waals surface area (Å²) in [6, 6.07) is 0. The summed E-state index contributed by atoms with van der Waals surface area (Å²) < 4.78 is 13.3. The van der Waals surface area contributed by atoms with E-state index in [9.17, 15) is 0 Å². The molecule has 1 aromatic rings. The van der Waals surface area contributed by atoms with Crippen molar-refractivity contribution in [2.45, 2.75) is 52.2 Å². The molecule has 142 valence electrons. The lowest BCUT2D eigenvalue weighted by Crippen LogP contribution is -2.39. The van der Waals surface area contributed by atoms with Gasteiger partial charge in [0.25, 0.3) is 0 Å². The van der Waals surface area contributed by atoms with E-state index in [0.717, 1.165) is 83.5 Å². The molecule has 0 unspecified atom stereocenters. The number of aliphatic imine (C=N–C) groups is 1. The molecular weight excluding hydrogens is 320 g/mol. The highest BCUT2D eigenvalue weighted by Crippen LogP contribution is 2.10. The molecule has 2 N–H and O–H groups in total. The van der Waals surface area contributed by atoms with Crippen LogP contribution in [0.1, 0.15) is 38.9 Å². The highest BCUT2D eigenvalue weighted by molar-refractivity contribution is 5.79. The van der Waals surface area contributed by atoms with Gasteiger partial charge in [0.15, 0.2) is 5.96 Å². The summed E-state index contributed by atoms with van der Waals surface area (Å²) in [6.07, 6.45) is 5.98. The minimum Gasteiger partial charge on any atom is -0.381 e. The molecule has 0 radical (unpaired) electrons. The van der Waals surface area contributed by atoms with Crippen LogP contribution in [0, 0.1) is 0 Å². The SMILES string of the molecule is CCNC(=NCCCOC1CCOCC1)NCCn1cnnc1CC. The number of nitrogens with one attached hydrogen (secondary N) is 2. The van der Waals surface area contributed by atoms with Crippen LogP contribution in [0.25, 0.3) is 0 Å². The highest BCUT2D eigenvalue weighted by Gasteiger charge is 2.13. The zero-order chi connectivity index (χ0) is 17.7. The van der Waals surface area contributed by atoms with Gasteiger partial charge in [-0.1, -0.05) is 6.92 Å². The number of guanidine groups is 1. The predicted molar refractivity (Wildman–Crippen MR) is 97.8 cm³/mol. The molecule has 0 aliphatic carbocycles. The summed E-state index contributed by atoms with van der Waals surface area (Å²) in [7, 11) is 0. The van der Waals surface area contributed by atoms with Crippen molar-refractivity contribution in [3.63, 3.8) is 0 Å². The minimum absolute atomic E-state index is 0.362. The average molecular weight is 352 g/mol. The summed E-state index contributed by atoms with van der Waals surface area (Å²) in [6.45, 7) is 9.77. The molecule has 8 heteroatoms. The molecule has 0 spiro atoms. The molecule has 1 aliphatic heterocycles. The third-order valence-corrected chi connectivity index (χ3v) is 4.10. The first kappa shape index (κ1) is 19.7. The molecule has 0 atom stereocenters. The Morgan fingerprint density at radius 2 is 2.20 bits per heavy atom. The van der Waals surface area contributed by atoms with Crippen LogP contribution in [0.4, 0.5) is 0 Å². The average Bonchev–Trinajstić information content (AvgIpc) is 3.10. The molecule has 2 heterocycles. The van der Waals surface area contributed by atoms with E-state index in [1.54, 1.807) is 6.33 Å². The van der Waals surface area contributed by atoms with Crippen LogP contribution in [-0.2, 0) is 22.4 Å². The Labute approximate surface area is 150 Å². The Hall–Kier alpha value is -1.67. The van der Waals surface area contributed by atoms with Crippen LogP contribution in [0.3, 0.4) is 0 Å². The van der Waals surface area contributed by atoms with Gasteiger partial charge in [-0.15, -0.1) is 10.2 Å². The second-order valence-corrected chi connectivity index (χ2v) is 6.02. The fourth-order valence-corrected chi connectivity index (χ4v) is 2.72. The molecule has 1 aliphatic rings. The Morgan fingerprint density at radius 3 is 2.96 bits per heavy atom. The second-order valence-electron chi connectivity index (χ2n) is 6.02. The molecule has 0 saturated carbocycles. The van der Waals surface area contributed by atoms with Gasteiger partial charge in [-0.3, -0.25) is 4.99 Å². The van der Waals surface area contributed by atoms with E-state index in [-0.39, 0.29) is 0 Å². The highest BCUT2D eigenvalue weighted by atomic mass is 16.5. The smallest absolute Gasteiger partial charge is 0.191 e. The van der Waals surface area contributed by atoms with E-state index in [4.69, 9.17) is 9.47 Å². The number of hydrogen-bond donors (Lipinski definition) is 2. The third-order valence-electron chi connectivity index (χ3n) is 4.10. The quantitative estimate of drug-likeness (QED) is 0.371. The Bertz CT molecular complexity index is 499. The Balaban J connectivity index is 1.63. The standard InChI is InChI=1S/C17H32N6O2/c1-3-16-22-21-14-23(16)10-9-20-17(18-4-2)19-8-5-11-25-15-6-12-24-13-7-15/h14-15H,3-13H2,1-2H3,(H2,18,19,20). The van der Waals surface area contributed by atoms with Gasteiger partial charge in [0, 0.05) is 52.4 Å². The van der Waals surface area contributed by atoms with Gasteiger partial charge in [-0.25, -0.2) is 0 Å². The summed E-state index contributed by atoms with van der Waals surface area (Å²) in [5.41, 5.74) is 0. The summed E-state index contributed by atoms with van der Waals surface area (Å²) in [5.74, 6) is 1.86. The van der Waals surface area contributed by atoms with Crippen LogP contribution in [0.2, 0.25) is 0 Å². The number of nitrogens with zero attached hydrogens (tertiary/aromatic N) is 4. The van der Waals surface area contributed by atoms with Crippen LogP contribution < -0.4 is 10.6 Å². The topological polar surface area (TPSA) is 85.6 Å². The maximum Gasteiger partial charge on any atom is 0.191 e. The van der Waals surface area contributed by atoms with Gasteiger partial charge >= 0.3 is 0 Å². The largest absolute Gasteiger partial charge is 0.381 e. The van der Waals surface area contributed by atoms with Gasteiger partial charge in [0.1, 0.15) is 12.2 Å². The maximum absolute atomic E-state index is 5.87. The van der Waals surface area contributed by atoms with Crippen molar-refractivity contribution >= 4 is 5.96 Å². The molecule has 2 rings (SSSR count). The van der Waals surface area contributed by atoms with Crippen molar-refractivity contribution in [1.82, 2.24) is 25.4 Å². The third kappa shape index (κ3) is 7.39. The molecular formula is C17H32N6O2. The number of rotatable bonds is 10. The van der Waals surface area contributed by atoms with Crippen molar-refractivity contribution in [3.8, 4) is 0 Å². The van der Waals surface area contributed by atoms with Crippen molar-refractivity contribution in [2.24, 2.45) is 4.99 Å². The van der Waals surface area contributed by atoms with Crippen LogP contribution in [-0.4, -0.2) is 66.3 Å². The molecule has 25 heavy (non-hydrogen) atoms. The van der Waals surface area contributed by atoms with Crippen molar-refractivity contribution in [3.05, 3.63) is 12.2 Å². The molecule has 0 aromatic carbocycles. The monoisotopic (exact) mass is 352 g/mol. The Morgan fingerprint density at radius 1 is 1.36 bits per heavy atom. The fraction of sp³-hybridized carbons (Fsp3) is 0.824. The number of ether oxygens (including phenoxy) is 2. The van der Waals surface area contributed by atoms with E-state index >= 15 is 0 Å². The zero-order valence-corrected chi connectivity index (χ0v) is 15.5. The summed E-state index contributed by atoms with van der Waals surface area (Å²) >= 11 is 0. The van der Waals surface area contributed by atoms with Crippen molar-refractivity contribution < 1.29 is 9.47 Å². The zero-order valence-electron chi connectivity index (χ0n) is 15.5. The summed E-state index contributed by atoms with van der Waals surface area (Å²) in [5, 5.41) is 14.7. The molecule has 0 amide bonds. The minimum atomic E-state index is 0.362.